The lowest BCUT2D eigenvalue weighted by molar-refractivity contribution is 0.101. The summed E-state index contributed by atoms with van der Waals surface area (Å²) in [5.74, 6) is 1.33. The largest absolute Gasteiger partial charge is 0.339 e. The van der Waals surface area contributed by atoms with Crippen molar-refractivity contribution in [2.24, 2.45) is 0 Å². The molecule has 1 aromatic heterocycles. The van der Waals surface area contributed by atoms with Gasteiger partial charge in [-0.15, -0.1) is 5.10 Å². The van der Waals surface area contributed by atoms with E-state index in [0.29, 0.717) is 17.3 Å². The molecule has 0 fully saturated rings. The van der Waals surface area contributed by atoms with Crippen molar-refractivity contribution in [1.82, 2.24) is 15.2 Å². The highest BCUT2D eigenvalue weighted by atomic mass is 16.1. The first kappa shape index (κ1) is 16.9. The third kappa shape index (κ3) is 4.74. The first-order valence-corrected chi connectivity index (χ1v) is 7.96. The van der Waals surface area contributed by atoms with Crippen LogP contribution in [0.2, 0.25) is 0 Å². The van der Waals surface area contributed by atoms with Crippen LogP contribution in [-0.4, -0.2) is 34.1 Å². The second kappa shape index (κ2) is 8.22. The average Bonchev–Trinajstić information content (AvgIpc) is 2.55. The van der Waals surface area contributed by atoms with E-state index in [1.165, 1.54) is 0 Å². The Labute approximate surface area is 137 Å². The Hall–Kier alpha value is -2.50. The molecule has 0 bridgehead atoms. The lowest BCUT2D eigenvalue weighted by Gasteiger charge is -2.21. The van der Waals surface area contributed by atoms with E-state index in [9.17, 15) is 4.79 Å². The molecular formula is C17H23N5O. The SMILES string of the molecule is CCCN(CCC)c1nncc(Nc2ccc(C(C)=O)cc2)n1. The fourth-order valence-corrected chi connectivity index (χ4v) is 2.28. The zero-order chi connectivity index (χ0) is 16.7. The van der Waals surface area contributed by atoms with Crippen molar-refractivity contribution in [2.45, 2.75) is 33.6 Å². The van der Waals surface area contributed by atoms with Gasteiger partial charge in [-0.2, -0.15) is 10.1 Å². The summed E-state index contributed by atoms with van der Waals surface area (Å²) in [6.07, 6.45) is 3.67. The molecule has 1 heterocycles. The van der Waals surface area contributed by atoms with Gasteiger partial charge in [-0.05, 0) is 44.0 Å². The second-order valence-corrected chi connectivity index (χ2v) is 5.39. The number of aromatic nitrogens is 3. The molecule has 23 heavy (non-hydrogen) atoms. The molecule has 0 atom stereocenters. The van der Waals surface area contributed by atoms with Crippen molar-refractivity contribution in [2.75, 3.05) is 23.3 Å². The Balaban J connectivity index is 2.14. The lowest BCUT2D eigenvalue weighted by atomic mass is 10.1. The number of anilines is 3. The van der Waals surface area contributed by atoms with Gasteiger partial charge in [-0.25, -0.2) is 0 Å². The maximum Gasteiger partial charge on any atom is 0.247 e. The number of hydrogen-bond donors (Lipinski definition) is 1. The smallest absolute Gasteiger partial charge is 0.247 e. The van der Waals surface area contributed by atoms with Crippen molar-refractivity contribution in [3.05, 3.63) is 36.0 Å². The summed E-state index contributed by atoms with van der Waals surface area (Å²) in [5, 5.41) is 11.4. The number of nitrogens with one attached hydrogen (secondary N) is 1. The zero-order valence-electron chi connectivity index (χ0n) is 13.9. The number of carbonyl (C=O) groups excluding carboxylic acids is 1. The van der Waals surface area contributed by atoms with Crippen LogP contribution in [0.4, 0.5) is 17.5 Å². The minimum atomic E-state index is 0.0531. The van der Waals surface area contributed by atoms with Crippen molar-refractivity contribution in [3.8, 4) is 0 Å². The Kier molecular flexibility index (Phi) is 6.02. The van der Waals surface area contributed by atoms with Gasteiger partial charge in [0.2, 0.25) is 5.95 Å². The van der Waals surface area contributed by atoms with Crippen LogP contribution in [0.15, 0.2) is 30.5 Å². The number of benzene rings is 1. The van der Waals surface area contributed by atoms with Crippen molar-refractivity contribution >= 4 is 23.2 Å². The van der Waals surface area contributed by atoms with E-state index in [0.717, 1.165) is 31.6 Å². The molecule has 122 valence electrons. The van der Waals surface area contributed by atoms with E-state index in [-0.39, 0.29) is 5.78 Å². The number of carbonyl (C=O) groups is 1. The van der Waals surface area contributed by atoms with Gasteiger partial charge < -0.3 is 10.2 Å². The van der Waals surface area contributed by atoms with E-state index >= 15 is 0 Å². The van der Waals surface area contributed by atoms with Gasteiger partial charge in [0.1, 0.15) is 0 Å². The Morgan fingerprint density at radius 3 is 2.35 bits per heavy atom. The summed E-state index contributed by atoms with van der Waals surface area (Å²) in [6.45, 7) is 7.64. The van der Waals surface area contributed by atoms with Crippen LogP contribution >= 0.6 is 0 Å². The maximum atomic E-state index is 11.3. The van der Waals surface area contributed by atoms with Gasteiger partial charge in [0.05, 0.1) is 6.20 Å². The van der Waals surface area contributed by atoms with E-state index in [1.807, 2.05) is 12.1 Å². The van der Waals surface area contributed by atoms with Crippen molar-refractivity contribution in [3.63, 3.8) is 0 Å². The van der Waals surface area contributed by atoms with Crippen LogP contribution in [0, 0.1) is 0 Å². The third-order valence-corrected chi connectivity index (χ3v) is 3.38. The number of hydrogen-bond acceptors (Lipinski definition) is 6. The zero-order valence-corrected chi connectivity index (χ0v) is 13.9. The average molecular weight is 313 g/mol. The first-order valence-electron chi connectivity index (χ1n) is 7.96. The summed E-state index contributed by atoms with van der Waals surface area (Å²) in [6, 6.07) is 7.30. The molecule has 0 radical (unpaired) electrons. The topological polar surface area (TPSA) is 71.0 Å². The van der Waals surface area contributed by atoms with Crippen molar-refractivity contribution in [1.29, 1.82) is 0 Å². The number of Topliss-reactive ketones (excluding diaryl/α,β-unsaturated/α-hetero) is 1. The van der Waals surface area contributed by atoms with E-state index in [1.54, 1.807) is 25.3 Å². The molecule has 0 saturated heterocycles. The number of ketones is 1. The summed E-state index contributed by atoms with van der Waals surface area (Å²) < 4.78 is 0. The molecule has 0 spiro atoms. The molecule has 0 aliphatic carbocycles. The second-order valence-electron chi connectivity index (χ2n) is 5.39. The van der Waals surface area contributed by atoms with E-state index in [2.05, 4.69) is 39.2 Å². The molecule has 0 unspecified atom stereocenters. The highest BCUT2D eigenvalue weighted by Crippen LogP contribution is 2.17. The van der Waals surface area contributed by atoms with Gasteiger partial charge in [-0.3, -0.25) is 4.79 Å². The van der Waals surface area contributed by atoms with Gasteiger partial charge in [0.25, 0.3) is 0 Å². The predicted molar refractivity (Wildman–Crippen MR) is 92.4 cm³/mol. The van der Waals surface area contributed by atoms with Gasteiger partial charge in [0.15, 0.2) is 11.6 Å². The molecule has 0 amide bonds. The van der Waals surface area contributed by atoms with E-state index in [4.69, 9.17) is 0 Å². The molecule has 1 aromatic carbocycles. The minimum Gasteiger partial charge on any atom is -0.339 e. The number of rotatable bonds is 8. The highest BCUT2D eigenvalue weighted by Gasteiger charge is 2.09. The van der Waals surface area contributed by atoms with Gasteiger partial charge in [-0.1, -0.05) is 13.8 Å². The van der Waals surface area contributed by atoms with Gasteiger partial charge in [0, 0.05) is 24.3 Å². The number of nitrogens with zero attached hydrogens (tertiary/aromatic N) is 4. The van der Waals surface area contributed by atoms with Crippen LogP contribution in [0.1, 0.15) is 44.0 Å². The minimum absolute atomic E-state index is 0.0531. The fraction of sp³-hybridized carbons (Fsp3) is 0.412. The monoisotopic (exact) mass is 313 g/mol. The third-order valence-electron chi connectivity index (χ3n) is 3.38. The van der Waals surface area contributed by atoms with Crippen LogP contribution < -0.4 is 10.2 Å². The fourth-order valence-electron chi connectivity index (χ4n) is 2.28. The Morgan fingerprint density at radius 2 is 1.78 bits per heavy atom. The predicted octanol–water partition coefficient (Wildman–Crippen LogP) is 3.44. The summed E-state index contributed by atoms with van der Waals surface area (Å²) in [4.78, 5) is 18.0. The molecule has 1 N–H and O–H groups in total. The van der Waals surface area contributed by atoms with Crippen molar-refractivity contribution < 1.29 is 4.79 Å². The molecule has 6 nitrogen and oxygen atoms in total. The standard InChI is InChI=1S/C17H23N5O/c1-4-10-22(11-5-2)17-20-16(12-18-21-17)19-15-8-6-14(7-9-15)13(3)23/h6-9,12H,4-5,10-11H2,1-3H3,(H,19,20,21). The lowest BCUT2D eigenvalue weighted by Crippen LogP contribution is -2.27. The summed E-state index contributed by atoms with van der Waals surface area (Å²) in [5.41, 5.74) is 1.55. The Bertz CT molecular complexity index is 636. The van der Waals surface area contributed by atoms with Crippen LogP contribution in [-0.2, 0) is 0 Å². The molecule has 0 aliphatic rings. The molecule has 2 rings (SSSR count). The van der Waals surface area contributed by atoms with Crippen LogP contribution in [0.25, 0.3) is 0 Å². The first-order chi connectivity index (χ1) is 11.1. The maximum absolute atomic E-state index is 11.3. The molecule has 0 saturated carbocycles. The Morgan fingerprint density at radius 1 is 1.13 bits per heavy atom. The van der Waals surface area contributed by atoms with Gasteiger partial charge >= 0.3 is 0 Å². The molecular weight excluding hydrogens is 290 g/mol. The normalized spacial score (nSPS) is 10.4. The quantitative estimate of drug-likeness (QED) is 0.753. The summed E-state index contributed by atoms with van der Waals surface area (Å²) in [7, 11) is 0. The van der Waals surface area contributed by atoms with Crippen LogP contribution in [0.5, 0.6) is 0 Å². The highest BCUT2D eigenvalue weighted by molar-refractivity contribution is 5.94. The summed E-state index contributed by atoms with van der Waals surface area (Å²) >= 11 is 0. The molecule has 6 heteroatoms. The molecule has 0 aliphatic heterocycles. The molecule has 2 aromatic rings. The van der Waals surface area contributed by atoms with E-state index < -0.39 is 0 Å². The van der Waals surface area contributed by atoms with Crippen LogP contribution in [0.3, 0.4) is 0 Å².